The maximum atomic E-state index is 5.40. The van der Waals surface area contributed by atoms with Gasteiger partial charge < -0.3 is 24.3 Å². The smallest absolute Gasteiger partial charge is 0 e. The second-order valence-corrected chi connectivity index (χ2v) is 3.08. The van der Waals surface area contributed by atoms with E-state index in [0.717, 1.165) is 5.57 Å². The van der Waals surface area contributed by atoms with E-state index < -0.39 is 0 Å². The van der Waals surface area contributed by atoms with Crippen LogP contribution in [0, 0.1) is 24.5 Å². The van der Waals surface area contributed by atoms with Gasteiger partial charge in [0, 0.05) is 32.7 Å². The first-order valence-electron chi connectivity index (χ1n) is 3.76. The number of hydrogen-bond acceptors (Lipinski definition) is 0. The molecule has 0 spiro atoms. The molecule has 0 fully saturated rings. The van der Waals surface area contributed by atoms with Gasteiger partial charge in [0.25, 0.3) is 0 Å². The molecular formula is C10H16Y-2. The molecule has 0 aliphatic carbocycles. The molecule has 1 heteroatoms. The molecule has 0 bridgehead atoms. The molecule has 0 saturated heterocycles. The molecule has 0 atom stereocenters. The van der Waals surface area contributed by atoms with Gasteiger partial charge in [-0.05, 0) is 0 Å². The third kappa shape index (κ3) is 6.96. The number of hydrogen-bond donors (Lipinski definition) is 0. The van der Waals surface area contributed by atoms with E-state index in [9.17, 15) is 0 Å². The summed E-state index contributed by atoms with van der Waals surface area (Å²) >= 11 is 0. The van der Waals surface area contributed by atoms with Gasteiger partial charge in [-0.2, -0.15) is 0 Å². The standard InChI is InChI=1S/C10H16.Y/c1-6-10(9(4)5)7-8(2)3;/h1,6,8-9H,2-5H3;/q-2;. The van der Waals surface area contributed by atoms with Gasteiger partial charge in [-0.3, -0.25) is 0 Å². The van der Waals surface area contributed by atoms with Crippen LogP contribution in [-0.2, 0) is 32.7 Å². The first kappa shape index (κ1) is 14.1. The van der Waals surface area contributed by atoms with Crippen LogP contribution in [0.3, 0.4) is 0 Å². The summed E-state index contributed by atoms with van der Waals surface area (Å²) < 4.78 is 0. The van der Waals surface area contributed by atoms with Gasteiger partial charge in [0.2, 0.25) is 0 Å². The predicted molar refractivity (Wildman–Crippen MR) is 45.3 cm³/mol. The summed E-state index contributed by atoms with van der Waals surface area (Å²) in [5.41, 5.74) is 1.12. The van der Waals surface area contributed by atoms with Crippen LogP contribution < -0.4 is 0 Å². The van der Waals surface area contributed by atoms with Crippen LogP contribution in [0.25, 0.3) is 0 Å². The Morgan fingerprint density at radius 3 is 1.82 bits per heavy atom. The molecule has 0 aliphatic heterocycles. The van der Waals surface area contributed by atoms with Gasteiger partial charge in [0.15, 0.2) is 0 Å². The van der Waals surface area contributed by atoms with Gasteiger partial charge in [-0.1, -0.05) is 27.7 Å². The average molecular weight is 225 g/mol. The van der Waals surface area contributed by atoms with Gasteiger partial charge in [-0.15, -0.1) is 11.8 Å². The molecule has 11 heavy (non-hydrogen) atoms. The van der Waals surface area contributed by atoms with Crippen molar-refractivity contribution in [1.82, 2.24) is 0 Å². The molecule has 0 aromatic heterocycles. The van der Waals surface area contributed by atoms with Crippen molar-refractivity contribution in [2.45, 2.75) is 27.7 Å². The van der Waals surface area contributed by atoms with Crippen LogP contribution >= 0.6 is 0 Å². The molecule has 0 aromatic carbocycles. The first-order chi connectivity index (χ1) is 4.57. The molecule has 61 valence electrons. The monoisotopic (exact) mass is 225 g/mol. The van der Waals surface area contributed by atoms with Crippen LogP contribution in [-0.4, -0.2) is 0 Å². The number of allylic oxidation sites excluding steroid dienone is 3. The molecular weight excluding hydrogens is 209 g/mol. The molecule has 0 aliphatic rings. The van der Waals surface area contributed by atoms with E-state index in [1.165, 1.54) is 0 Å². The SMILES string of the molecule is [CH-]=CC(=[C-]C(C)C)C(C)C.[Y]. The topological polar surface area (TPSA) is 0 Å². The van der Waals surface area contributed by atoms with E-state index >= 15 is 0 Å². The van der Waals surface area contributed by atoms with E-state index in [1.54, 1.807) is 6.08 Å². The van der Waals surface area contributed by atoms with Crippen LogP contribution in [0.1, 0.15) is 27.7 Å². The maximum absolute atomic E-state index is 5.40. The second-order valence-electron chi connectivity index (χ2n) is 3.08. The fourth-order valence-corrected chi connectivity index (χ4v) is 0.741. The first-order valence-corrected chi connectivity index (χ1v) is 3.76. The Morgan fingerprint density at radius 2 is 1.73 bits per heavy atom. The predicted octanol–water partition coefficient (Wildman–Crippen LogP) is 3.01. The average Bonchev–Trinajstić information content (AvgIpc) is 1.81. The van der Waals surface area contributed by atoms with Gasteiger partial charge in [0.05, 0.1) is 0 Å². The zero-order chi connectivity index (χ0) is 8.15. The zero-order valence-corrected chi connectivity index (χ0v) is 10.7. The van der Waals surface area contributed by atoms with E-state index in [0.29, 0.717) is 11.8 Å². The number of rotatable bonds is 3. The third-order valence-electron chi connectivity index (χ3n) is 1.26. The molecule has 0 saturated carbocycles. The molecule has 0 amide bonds. The quantitative estimate of drug-likeness (QED) is 0.511. The minimum atomic E-state index is 0. The van der Waals surface area contributed by atoms with Gasteiger partial charge in [0.1, 0.15) is 0 Å². The molecule has 0 N–H and O–H groups in total. The van der Waals surface area contributed by atoms with Crippen molar-refractivity contribution in [3.05, 3.63) is 24.3 Å². The Kier molecular flexibility index (Phi) is 9.30. The summed E-state index contributed by atoms with van der Waals surface area (Å²) in [5.74, 6) is 0.963. The molecule has 1 radical (unpaired) electrons. The molecule has 0 rings (SSSR count). The van der Waals surface area contributed by atoms with Gasteiger partial charge in [-0.25, -0.2) is 0 Å². The maximum Gasteiger partial charge on any atom is 0 e. The van der Waals surface area contributed by atoms with Crippen LogP contribution in [0.2, 0.25) is 0 Å². The van der Waals surface area contributed by atoms with Crippen molar-refractivity contribution < 1.29 is 32.7 Å². The van der Waals surface area contributed by atoms with Crippen molar-refractivity contribution in [2.24, 2.45) is 11.8 Å². The van der Waals surface area contributed by atoms with E-state index in [2.05, 4.69) is 33.8 Å². The van der Waals surface area contributed by atoms with E-state index in [4.69, 9.17) is 6.58 Å². The van der Waals surface area contributed by atoms with Crippen molar-refractivity contribution in [3.8, 4) is 0 Å². The van der Waals surface area contributed by atoms with E-state index in [-0.39, 0.29) is 32.7 Å². The minimum Gasteiger partial charge on any atom is -0.394 e. The summed E-state index contributed by atoms with van der Waals surface area (Å²) in [4.78, 5) is 0. The van der Waals surface area contributed by atoms with Crippen LogP contribution in [0.15, 0.2) is 11.6 Å². The van der Waals surface area contributed by atoms with Crippen molar-refractivity contribution in [3.63, 3.8) is 0 Å². The fourth-order valence-electron chi connectivity index (χ4n) is 0.741. The molecule has 0 heterocycles. The van der Waals surface area contributed by atoms with Crippen molar-refractivity contribution in [2.75, 3.05) is 0 Å². The fraction of sp³-hybridized carbons (Fsp3) is 0.600. The Morgan fingerprint density at radius 1 is 1.27 bits per heavy atom. The Labute approximate surface area is 96.0 Å². The van der Waals surface area contributed by atoms with Crippen LogP contribution in [0.5, 0.6) is 0 Å². The summed E-state index contributed by atoms with van der Waals surface area (Å²) in [6, 6.07) is 0. The normalized spacial score (nSPS) is 11.6. The minimum absolute atomic E-state index is 0. The van der Waals surface area contributed by atoms with E-state index in [1.807, 2.05) is 0 Å². The molecule has 0 nitrogen and oxygen atoms in total. The third-order valence-corrected chi connectivity index (χ3v) is 1.26. The Bertz CT molecular complexity index is 132. The molecule has 0 aromatic rings. The van der Waals surface area contributed by atoms with Crippen LogP contribution in [0.4, 0.5) is 0 Å². The van der Waals surface area contributed by atoms with Crippen molar-refractivity contribution >= 4 is 0 Å². The Balaban J connectivity index is 0. The van der Waals surface area contributed by atoms with Gasteiger partial charge >= 0.3 is 0 Å². The van der Waals surface area contributed by atoms with Crippen molar-refractivity contribution in [1.29, 1.82) is 0 Å². The second kappa shape index (κ2) is 7.24. The Hall–Kier alpha value is 0.584. The zero-order valence-electron chi connectivity index (χ0n) is 7.89. The largest absolute Gasteiger partial charge is 0.394 e. The summed E-state index contributed by atoms with van der Waals surface area (Å²) in [6.45, 7) is 13.8. The summed E-state index contributed by atoms with van der Waals surface area (Å²) in [7, 11) is 0. The molecule has 0 unspecified atom stereocenters. The summed E-state index contributed by atoms with van der Waals surface area (Å²) in [6.07, 6.45) is 4.91. The summed E-state index contributed by atoms with van der Waals surface area (Å²) in [5, 5.41) is 0.